The highest BCUT2D eigenvalue weighted by molar-refractivity contribution is 7.21. The number of thiophene rings is 1. The number of aryl methyl sites for hydroxylation is 1. The van der Waals surface area contributed by atoms with E-state index in [1.165, 1.54) is 28.4 Å². The topological polar surface area (TPSA) is 57.6 Å². The van der Waals surface area contributed by atoms with Gasteiger partial charge in [-0.05, 0) is 60.7 Å². The third kappa shape index (κ3) is 2.24. The molecule has 2 heterocycles. The number of benzene rings is 1. The van der Waals surface area contributed by atoms with Crippen molar-refractivity contribution in [3.8, 4) is 0 Å². The number of rotatable bonds is 2. The number of aliphatic carboxylic acids is 1. The first kappa shape index (κ1) is 15.6. The number of hydrogen-bond donors (Lipinski definition) is 1. The molecule has 2 aliphatic rings. The van der Waals surface area contributed by atoms with Gasteiger partial charge >= 0.3 is 5.97 Å². The summed E-state index contributed by atoms with van der Waals surface area (Å²) in [6.45, 7) is 2.32. The fraction of sp³-hybridized carbons (Fsp3) is 0.444. The molecule has 1 N–H and O–H groups in total. The van der Waals surface area contributed by atoms with Gasteiger partial charge in [0.1, 0.15) is 11.9 Å². The van der Waals surface area contributed by atoms with Gasteiger partial charge in [0.2, 0.25) is 0 Å². The van der Waals surface area contributed by atoms with Gasteiger partial charge < -0.3 is 10.0 Å². The van der Waals surface area contributed by atoms with E-state index in [1.54, 1.807) is 13.0 Å². The lowest BCUT2D eigenvalue weighted by Crippen LogP contribution is -2.43. The molecular formula is C18H18FNO3S. The molecule has 24 heavy (non-hydrogen) atoms. The third-order valence-electron chi connectivity index (χ3n) is 5.50. The van der Waals surface area contributed by atoms with Crippen molar-refractivity contribution in [1.82, 2.24) is 4.90 Å². The van der Waals surface area contributed by atoms with Crippen LogP contribution in [0.5, 0.6) is 0 Å². The third-order valence-corrected chi connectivity index (χ3v) is 6.76. The molecule has 4 rings (SSSR count). The average Bonchev–Trinajstić information content (AvgIpc) is 3.19. The van der Waals surface area contributed by atoms with Gasteiger partial charge in [0.05, 0.1) is 4.88 Å². The van der Waals surface area contributed by atoms with Crippen LogP contribution >= 0.6 is 11.3 Å². The Morgan fingerprint density at radius 1 is 1.33 bits per heavy atom. The van der Waals surface area contributed by atoms with Crippen molar-refractivity contribution >= 4 is 33.3 Å². The maximum absolute atomic E-state index is 13.5. The lowest BCUT2D eigenvalue weighted by Gasteiger charge is -2.24. The number of amides is 1. The molecule has 3 unspecified atom stereocenters. The fourth-order valence-corrected chi connectivity index (χ4v) is 5.50. The summed E-state index contributed by atoms with van der Waals surface area (Å²) >= 11 is 1.32. The SMILES string of the molecule is Cc1c(C(=O)N2CC3CCCC3C2C(=O)O)sc2ccc(F)cc12. The minimum atomic E-state index is -0.914. The minimum absolute atomic E-state index is 0.0681. The summed E-state index contributed by atoms with van der Waals surface area (Å²) < 4.78 is 14.3. The maximum atomic E-state index is 13.5. The summed E-state index contributed by atoms with van der Waals surface area (Å²) in [4.78, 5) is 26.9. The molecule has 2 aromatic rings. The van der Waals surface area contributed by atoms with Crippen LogP contribution in [0.1, 0.15) is 34.5 Å². The largest absolute Gasteiger partial charge is 0.480 e. The number of carboxylic acid groups (broad SMARTS) is 1. The van der Waals surface area contributed by atoms with Crippen molar-refractivity contribution in [3.63, 3.8) is 0 Å². The van der Waals surface area contributed by atoms with Crippen LogP contribution in [0.25, 0.3) is 10.1 Å². The zero-order valence-electron chi connectivity index (χ0n) is 13.3. The molecule has 1 amide bonds. The van der Waals surface area contributed by atoms with Crippen LogP contribution < -0.4 is 0 Å². The molecule has 0 radical (unpaired) electrons. The lowest BCUT2D eigenvalue weighted by atomic mass is 9.94. The monoisotopic (exact) mass is 347 g/mol. The molecule has 0 spiro atoms. The first-order chi connectivity index (χ1) is 11.5. The Morgan fingerprint density at radius 2 is 2.12 bits per heavy atom. The molecule has 3 atom stereocenters. The first-order valence-corrected chi connectivity index (χ1v) is 9.01. The molecule has 2 fully saturated rings. The molecule has 1 aliphatic heterocycles. The number of likely N-dealkylation sites (tertiary alicyclic amines) is 1. The number of nitrogens with zero attached hydrogens (tertiary/aromatic N) is 1. The average molecular weight is 347 g/mol. The van der Waals surface area contributed by atoms with E-state index in [9.17, 15) is 19.1 Å². The summed E-state index contributed by atoms with van der Waals surface area (Å²) in [6.07, 6.45) is 2.92. The number of hydrogen-bond acceptors (Lipinski definition) is 3. The number of halogens is 1. The number of fused-ring (bicyclic) bond motifs is 2. The molecular weight excluding hydrogens is 329 g/mol. The van der Waals surface area contributed by atoms with Crippen molar-refractivity contribution in [2.75, 3.05) is 6.54 Å². The Balaban J connectivity index is 1.73. The van der Waals surface area contributed by atoms with Crippen LogP contribution in [0, 0.1) is 24.6 Å². The highest BCUT2D eigenvalue weighted by atomic mass is 32.1. The predicted octanol–water partition coefficient (Wildman–Crippen LogP) is 3.67. The highest BCUT2D eigenvalue weighted by Crippen LogP contribution is 2.43. The normalized spacial score (nSPS) is 26.1. The van der Waals surface area contributed by atoms with Gasteiger partial charge in [-0.1, -0.05) is 6.42 Å². The van der Waals surface area contributed by atoms with Gasteiger partial charge in [0, 0.05) is 11.2 Å². The fourth-order valence-electron chi connectivity index (χ4n) is 4.36. The van der Waals surface area contributed by atoms with Crippen molar-refractivity contribution in [2.24, 2.45) is 11.8 Å². The van der Waals surface area contributed by atoms with E-state index in [1.807, 2.05) is 0 Å². The van der Waals surface area contributed by atoms with Crippen LogP contribution in [0.4, 0.5) is 4.39 Å². The van der Waals surface area contributed by atoms with Gasteiger partial charge in [-0.3, -0.25) is 4.79 Å². The molecule has 0 bridgehead atoms. The zero-order chi connectivity index (χ0) is 17.0. The second kappa shape index (κ2) is 5.55. The van der Waals surface area contributed by atoms with E-state index >= 15 is 0 Å². The number of carbonyl (C=O) groups excluding carboxylic acids is 1. The summed E-state index contributed by atoms with van der Waals surface area (Å²) in [5, 5.41) is 10.4. The van der Waals surface area contributed by atoms with Gasteiger partial charge in [0.25, 0.3) is 5.91 Å². The molecule has 4 nitrogen and oxygen atoms in total. The maximum Gasteiger partial charge on any atom is 0.326 e. The molecule has 1 aromatic carbocycles. The summed E-state index contributed by atoms with van der Waals surface area (Å²) in [5.41, 5.74) is 0.737. The smallest absolute Gasteiger partial charge is 0.326 e. The Labute approximate surface area is 142 Å². The second-order valence-electron chi connectivity index (χ2n) is 6.79. The Morgan fingerprint density at radius 3 is 2.88 bits per heavy atom. The van der Waals surface area contributed by atoms with E-state index in [0.717, 1.165) is 34.9 Å². The molecule has 126 valence electrons. The minimum Gasteiger partial charge on any atom is -0.480 e. The Hall–Kier alpha value is -1.95. The predicted molar refractivity (Wildman–Crippen MR) is 89.8 cm³/mol. The van der Waals surface area contributed by atoms with Crippen molar-refractivity contribution in [3.05, 3.63) is 34.5 Å². The molecule has 1 saturated heterocycles. The van der Waals surface area contributed by atoms with Gasteiger partial charge in [-0.25, -0.2) is 9.18 Å². The molecule has 1 saturated carbocycles. The van der Waals surface area contributed by atoms with Gasteiger partial charge in [-0.2, -0.15) is 0 Å². The van der Waals surface area contributed by atoms with Crippen LogP contribution in [0.2, 0.25) is 0 Å². The molecule has 1 aliphatic carbocycles. The van der Waals surface area contributed by atoms with E-state index in [2.05, 4.69) is 0 Å². The molecule has 6 heteroatoms. The van der Waals surface area contributed by atoms with Gasteiger partial charge in [-0.15, -0.1) is 11.3 Å². The van der Waals surface area contributed by atoms with E-state index in [4.69, 9.17) is 0 Å². The van der Waals surface area contributed by atoms with Crippen molar-refractivity contribution in [1.29, 1.82) is 0 Å². The standard InChI is InChI=1S/C18H18FNO3S/c1-9-13-7-11(19)5-6-14(13)24-16(9)17(21)20-8-10-3-2-4-12(10)15(20)18(22)23/h5-7,10,12,15H,2-4,8H2,1H3,(H,22,23). The van der Waals surface area contributed by atoms with E-state index < -0.39 is 12.0 Å². The lowest BCUT2D eigenvalue weighted by molar-refractivity contribution is -0.142. The van der Waals surface area contributed by atoms with Crippen LogP contribution in [-0.4, -0.2) is 34.5 Å². The second-order valence-corrected chi connectivity index (χ2v) is 7.84. The van der Waals surface area contributed by atoms with Crippen LogP contribution in [0.15, 0.2) is 18.2 Å². The number of carbonyl (C=O) groups is 2. The van der Waals surface area contributed by atoms with E-state index in [-0.39, 0.29) is 17.6 Å². The quantitative estimate of drug-likeness (QED) is 0.902. The van der Waals surface area contributed by atoms with Crippen molar-refractivity contribution in [2.45, 2.75) is 32.2 Å². The zero-order valence-corrected chi connectivity index (χ0v) is 14.1. The Kier molecular flexibility index (Phi) is 3.60. The Bertz CT molecular complexity index is 846. The first-order valence-electron chi connectivity index (χ1n) is 8.20. The van der Waals surface area contributed by atoms with E-state index in [0.29, 0.717) is 17.3 Å². The van der Waals surface area contributed by atoms with Crippen molar-refractivity contribution < 1.29 is 19.1 Å². The molecule has 1 aromatic heterocycles. The summed E-state index contributed by atoms with van der Waals surface area (Å²) in [5.74, 6) is -1.11. The van der Waals surface area contributed by atoms with Crippen LogP contribution in [-0.2, 0) is 4.79 Å². The van der Waals surface area contributed by atoms with Gasteiger partial charge in [0.15, 0.2) is 0 Å². The summed E-state index contributed by atoms with van der Waals surface area (Å²) in [6, 6.07) is 3.76. The number of carboxylic acids is 1. The highest BCUT2D eigenvalue weighted by Gasteiger charge is 2.50. The van der Waals surface area contributed by atoms with Crippen LogP contribution in [0.3, 0.4) is 0 Å². The summed E-state index contributed by atoms with van der Waals surface area (Å²) in [7, 11) is 0.